The van der Waals surface area contributed by atoms with E-state index in [1.165, 1.54) is 0 Å². The van der Waals surface area contributed by atoms with Crippen LogP contribution < -0.4 is 10.6 Å². The van der Waals surface area contributed by atoms with Crippen LogP contribution in [0.5, 0.6) is 0 Å². The predicted molar refractivity (Wildman–Crippen MR) is 99.2 cm³/mol. The molecule has 136 valence electrons. The topological polar surface area (TPSA) is 88.4 Å². The fourth-order valence-electron chi connectivity index (χ4n) is 3.04. The van der Waals surface area contributed by atoms with Gasteiger partial charge in [-0.3, -0.25) is 4.79 Å². The summed E-state index contributed by atoms with van der Waals surface area (Å²) in [4.78, 5) is 32.5. The van der Waals surface area contributed by atoms with Crippen molar-refractivity contribution in [1.29, 1.82) is 0 Å². The molecule has 0 bridgehead atoms. The van der Waals surface area contributed by atoms with Crippen molar-refractivity contribution in [1.82, 2.24) is 20.2 Å². The number of nitrogens with zero attached hydrogens (tertiary/aromatic N) is 3. The molecule has 0 saturated carbocycles. The van der Waals surface area contributed by atoms with Gasteiger partial charge in [-0.1, -0.05) is 23.7 Å². The second-order valence-corrected chi connectivity index (χ2v) is 6.59. The van der Waals surface area contributed by atoms with Gasteiger partial charge in [0.25, 0.3) is 0 Å². The summed E-state index contributed by atoms with van der Waals surface area (Å²) in [6, 6.07) is 6.20. The second-order valence-electron chi connectivity index (χ2n) is 6.16. The van der Waals surface area contributed by atoms with Gasteiger partial charge in [-0.2, -0.15) is 0 Å². The predicted octanol–water partition coefficient (Wildman–Crippen LogP) is 2.58. The fourth-order valence-corrected chi connectivity index (χ4v) is 3.24. The van der Waals surface area contributed by atoms with Gasteiger partial charge in [0.2, 0.25) is 5.91 Å². The molecule has 7 nitrogen and oxygen atoms in total. The quantitative estimate of drug-likeness (QED) is 0.763. The Balaban J connectivity index is 1.68. The summed E-state index contributed by atoms with van der Waals surface area (Å²) in [5.74, 6) is -0.735. The molecule has 0 spiro atoms. The van der Waals surface area contributed by atoms with Crippen molar-refractivity contribution in [2.24, 2.45) is 10.9 Å². The third-order valence-electron chi connectivity index (χ3n) is 4.28. The number of hydrogen-bond acceptors (Lipinski definition) is 3. The van der Waals surface area contributed by atoms with Crippen molar-refractivity contribution in [2.75, 3.05) is 6.54 Å². The summed E-state index contributed by atoms with van der Waals surface area (Å²) in [7, 11) is 0. The van der Waals surface area contributed by atoms with Crippen LogP contribution in [0.3, 0.4) is 0 Å². The van der Waals surface area contributed by atoms with E-state index in [0.717, 1.165) is 18.5 Å². The van der Waals surface area contributed by atoms with Crippen molar-refractivity contribution in [3.05, 3.63) is 53.6 Å². The highest BCUT2D eigenvalue weighted by Gasteiger charge is 2.36. The zero-order valence-corrected chi connectivity index (χ0v) is 15.1. The van der Waals surface area contributed by atoms with Gasteiger partial charge < -0.3 is 15.2 Å². The number of aromatic nitrogens is 2. The normalized spacial score (nSPS) is 19.6. The summed E-state index contributed by atoms with van der Waals surface area (Å²) >= 11 is 6.06. The molecule has 1 aromatic heterocycles. The SMILES string of the molecule is CC1=NC(=O)NC(c2cccc(Cl)c2)C1C(=O)NCCCn1ccnc1. The molecule has 1 aliphatic heterocycles. The number of aryl methyl sites for hydroxylation is 1. The highest BCUT2D eigenvalue weighted by Crippen LogP contribution is 2.28. The maximum Gasteiger partial charge on any atom is 0.341 e. The Labute approximate surface area is 156 Å². The highest BCUT2D eigenvalue weighted by atomic mass is 35.5. The Morgan fingerprint density at radius 2 is 2.27 bits per heavy atom. The highest BCUT2D eigenvalue weighted by molar-refractivity contribution is 6.30. The Kier molecular flexibility index (Phi) is 5.68. The molecular formula is C18H20ClN5O2. The maximum atomic E-state index is 12.7. The summed E-state index contributed by atoms with van der Waals surface area (Å²) in [5.41, 5.74) is 1.27. The average Bonchev–Trinajstić information content (AvgIpc) is 3.11. The summed E-state index contributed by atoms with van der Waals surface area (Å²) in [6.07, 6.45) is 6.12. The van der Waals surface area contributed by atoms with Crippen molar-refractivity contribution < 1.29 is 9.59 Å². The van der Waals surface area contributed by atoms with Crippen LogP contribution in [0.4, 0.5) is 4.79 Å². The van der Waals surface area contributed by atoms with Crippen LogP contribution >= 0.6 is 11.6 Å². The number of halogens is 1. The van der Waals surface area contributed by atoms with Gasteiger partial charge >= 0.3 is 6.03 Å². The number of carbonyl (C=O) groups excluding carboxylic acids is 2. The van der Waals surface area contributed by atoms with Gasteiger partial charge in [-0.25, -0.2) is 14.8 Å². The minimum atomic E-state index is -0.570. The number of imidazole rings is 1. The third-order valence-corrected chi connectivity index (χ3v) is 4.52. The molecule has 26 heavy (non-hydrogen) atoms. The van der Waals surface area contributed by atoms with Crippen LogP contribution in [0, 0.1) is 5.92 Å². The van der Waals surface area contributed by atoms with E-state index in [1.54, 1.807) is 37.6 Å². The number of aliphatic imine (C=N–C) groups is 1. The monoisotopic (exact) mass is 373 g/mol. The minimum Gasteiger partial charge on any atom is -0.355 e. The van der Waals surface area contributed by atoms with E-state index in [0.29, 0.717) is 17.3 Å². The van der Waals surface area contributed by atoms with E-state index in [-0.39, 0.29) is 5.91 Å². The van der Waals surface area contributed by atoms with Gasteiger partial charge in [0.15, 0.2) is 0 Å². The van der Waals surface area contributed by atoms with E-state index in [2.05, 4.69) is 20.6 Å². The van der Waals surface area contributed by atoms with Crippen molar-refractivity contribution in [2.45, 2.75) is 25.9 Å². The van der Waals surface area contributed by atoms with Crippen LogP contribution in [0.1, 0.15) is 24.9 Å². The lowest BCUT2D eigenvalue weighted by Gasteiger charge is -2.30. The molecule has 3 rings (SSSR count). The molecule has 2 atom stereocenters. The van der Waals surface area contributed by atoms with Crippen molar-refractivity contribution >= 4 is 29.3 Å². The standard InChI is InChI=1S/C18H20ClN5O2/c1-12-15(17(25)21-6-3-8-24-9-7-20-11-24)16(23-18(26)22-12)13-4-2-5-14(19)10-13/h2,4-5,7,9-11,15-16H,3,6,8H2,1H3,(H,21,25)(H,23,26). The zero-order chi connectivity index (χ0) is 18.5. The Bertz CT molecular complexity index is 819. The van der Waals surface area contributed by atoms with Crippen LogP contribution in [0.2, 0.25) is 5.02 Å². The number of urea groups is 1. The third kappa shape index (κ3) is 4.29. The van der Waals surface area contributed by atoms with Crippen LogP contribution in [0.25, 0.3) is 0 Å². The first-order valence-corrected chi connectivity index (χ1v) is 8.77. The van der Waals surface area contributed by atoms with Crippen LogP contribution in [-0.4, -0.2) is 33.7 Å². The van der Waals surface area contributed by atoms with Crippen molar-refractivity contribution in [3.63, 3.8) is 0 Å². The lowest BCUT2D eigenvalue weighted by atomic mass is 9.87. The Morgan fingerprint density at radius 1 is 1.42 bits per heavy atom. The number of carbonyl (C=O) groups is 2. The van der Waals surface area contributed by atoms with Gasteiger partial charge in [0.05, 0.1) is 12.4 Å². The van der Waals surface area contributed by atoms with E-state index < -0.39 is 18.0 Å². The average molecular weight is 374 g/mol. The number of hydrogen-bond donors (Lipinski definition) is 2. The molecular weight excluding hydrogens is 354 g/mol. The number of rotatable bonds is 6. The number of nitrogens with one attached hydrogen (secondary N) is 2. The lowest BCUT2D eigenvalue weighted by molar-refractivity contribution is -0.123. The molecule has 8 heteroatoms. The molecule has 2 N–H and O–H groups in total. The molecule has 2 heterocycles. The second kappa shape index (κ2) is 8.14. The zero-order valence-electron chi connectivity index (χ0n) is 14.4. The molecule has 3 amide bonds. The Morgan fingerprint density at radius 3 is 3.00 bits per heavy atom. The van der Waals surface area contributed by atoms with Gasteiger partial charge in [0, 0.05) is 36.2 Å². The molecule has 1 aliphatic rings. The van der Waals surface area contributed by atoms with Crippen LogP contribution in [0.15, 0.2) is 48.0 Å². The Hall–Kier alpha value is -2.67. The largest absolute Gasteiger partial charge is 0.355 e. The van der Waals surface area contributed by atoms with E-state index >= 15 is 0 Å². The summed E-state index contributed by atoms with van der Waals surface area (Å²) < 4.78 is 1.95. The first kappa shape index (κ1) is 18.1. The smallest absolute Gasteiger partial charge is 0.341 e. The minimum absolute atomic E-state index is 0.165. The van der Waals surface area contributed by atoms with E-state index in [4.69, 9.17) is 11.6 Å². The van der Waals surface area contributed by atoms with Gasteiger partial charge in [-0.05, 0) is 31.0 Å². The van der Waals surface area contributed by atoms with E-state index in [1.807, 2.05) is 16.8 Å². The summed E-state index contributed by atoms with van der Waals surface area (Å²) in [6.45, 7) is 3.00. The lowest BCUT2D eigenvalue weighted by Crippen LogP contribution is -2.47. The molecule has 0 fully saturated rings. The van der Waals surface area contributed by atoms with Crippen molar-refractivity contribution in [3.8, 4) is 0 Å². The molecule has 1 aromatic carbocycles. The molecule has 0 aliphatic carbocycles. The number of benzene rings is 1. The summed E-state index contributed by atoms with van der Waals surface area (Å²) in [5, 5.41) is 6.26. The maximum absolute atomic E-state index is 12.7. The van der Waals surface area contributed by atoms with Gasteiger partial charge in [-0.15, -0.1) is 0 Å². The fraction of sp³-hybridized carbons (Fsp3) is 0.333. The number of amides is 3. The first-order chi connectivity index (χ1) is 12.5. The molecule has 2 aromatic rings. The van der Waals surface area contributed by atoms with Crippen LogP contribution in [-0.2, 0) is 11.3 Å². The molecule has 2 unspecified atom stereocenters. The molecule has 0 radical (unpaired) electrons. The molecule has 0 saturated heterocycles. The first-order valence-electron chi connectivity index (χ1n) is 8.39. The van der Waals surface area contributed by atoms with E-state index in [9.17, 15) is 9.59 Å². The van der Waals surface area contributed by atoms with Gasteiger partial charge in [0.1, 0.15) is 5.92 Å².